The second kappa shape index (κ2) is 7.38. The molecule has 0 spiro atoms. The van der Waals surface area contributed by atoms with Gasteiger partial charge in [0.2, 0.25) is 0 Å². The molecule has 1 heterocycles. The van der Waals surface area contributed by atoms with Crippen LogP contribution in [0.2, 0.25) is 0 Å². The zero-order chi connectivity index (χ0) is 15.2. The van der Waals surface area contributed by atoms with E-state index in [2.05, 4.69) is 55.5 Å². The molecule has 0 radical (unpaired) electrons. The Bertz CT molecular complexity index is 485. The first-order chi connectivity index (χ1) is 10.0. The van der Waals surface area contributed by atoms with Crippen LogP contribution in [-0.2, 0) is 4.79 Å². The van der Waals surface area contributed by atoms with E-state index in [1.54, 1.807) is 6.08 Å². The molecule has 114 valence electrons. The van der Waals surface area contributed by atoms with Gasteiger partial charge in [0.1, 0.15) is 0 Å². The Hall–Kier alpha value is -1.65. The Morgan fingerprint density at radius 1 is 1.14 bits per heavy atom. The van der Waals surface area contributed by atoms with Crippen LogP contribution in [0.15, 0.2) is 30.3 Å². The molecule has 0 unspecified atom stereocenters. The van der Waals surface area contributed by atoms with Crippen LogP contribution in [0.25, 0.3) is 6.08 Å². The van der Waals surface area contributed by atoms with E-state index in [0.717, 1.165) is 31.7 Å². The van der Waals surface area contributed by atoms with Gasteiger partial charge in [0, 0.05) is 32.3 Å². The lowest BCUT2D eigenvalue weighted by molar-refractivity contribution is -0.121. The van der Waals surface area contributed by atoms with Crippen LogP contribution in [0.5, 0.6) is 0 Å². The van der Waals surface area contributed by atoms with Gasteiger partial charge in [-0.2, -0.15) is 0 Å². The van der Waals surface area contributed by atoms with E-state index >= 15 is 0 Å². The number of likely N-dealkylation sites (N-methyl/N-ethyl adjacent to an activating group) is 1. The number of benzene rings is 1. The van der Waals surface area contributed by atoms with Crippen LogP contribution in [0.3, 0.4) is 0 Å². The lowest BCUT2D eigenvalue weighted by atomic mass is 10.0. The molecule has 0 bridgehead atoms. The van der Waals surface area contributed by atoms with Gasteiger partial charge in [-0.15, -0.1) is 0 Å². The highest BCUT2D eigenvalue weighted by Gasteiger charge is 2.14. The number of hydrogen-bond donors (Lipinski definition) is 1. The van der Waals surface area contributed by atoms with Crippen LogP contribution in [0, 0.1) is 0 Å². The van der Waals surface area contributed by atoms with Crippen molar-refractivity contribution in [3.8, 4) is 0 Å². The number of piperazine rings is 1. The molecule has 1 amide bonds. The molecule has 4 heteroatoms. The van der Waals surface area contributed by atoms with Gasteiger partial charge in [0.15, 0.2) is 0 Å². The zero-order valence-corrected chi connectivity index (χ0v) is 13.2. The van der Waals surface area contributed by atoms with Crippen LogP contribution in [0.4, 0.5) is 0 Å². The third-order valence-corrected chi connectivity index (χ3v) is 3.80. The number of carbonyl (C=O) groups is 1. The van der Waals surface area contributed by atoms with Gasteiger partial charge < -0.3 is 4.90 Å². The van der Waals surface area contributed by atoms with Gasteiger partial charge in [-0.3, -0.25) is 10.2 Å². The topological polar surface area (TPSA) is 35.6 Å². The monoisotopic (exact) mass is 287 g/mol. The van der Waals surface area contributed by atoms with Gasteiger partial charge in [0.05, 0.1) is 0 Å². The molecule has 0 saturated carbocycles. The molecule has 1 aliphatic heterocycles. The quantitative estimate of drug-likeness (QED) is 0.862. The lowest BCUT2D eigenvalue weighted by Crippen LogP contribution is -2.52. The van der Waals surface area contributed by atoms with Crippen LogP contribution in [-0.4, -0.2) is 49.0 Å². The number of amides is 1. The van der Waals surface area contributed by atoms with Crippen molar-refractivity contribution >= 4 is 12.0 Å². The van der Waals surface area contributed by atoms with E-state index in [-0.39, 0.29) is 5.91 Å². The van der Waals surface area contributed by atoms with Crippen molar-refractivity contribution in [2.24, 2.45) is 0 Å². The Kier molecular flexibility index (Phi) is 5.53. The third-order valence-electron chi connectivity index (χ3n) is 3.80. The lowest BCUT2D eigenvalue weighted by Gasteiger charge is -2.31. The standard InChI is InChI=1S/C17H25N3O/c1-14(2)16-7-4-15(5-8-16)6-9-17(21)18-20-12-10-19(3)11-13-20/h4-9,14H,10-13H2,1-3H3,(H,18,21)/b9-6+. The summed E-state index contributed by atoms with van der Waals surface area (Å²) < 4.78 is 0. The molecule has 0 atom stereocenters. The largest absolute Gasteiger partial charge is 0.304 e. The molecular weight excluding hydrogens is 262 g/mol. The van der Waals surface area contributed by atoms with Gasteiger partial charge in [0.25, 0.3) is 5.91 Å². The molecule has 4 nitrogen and oxygen atoms in total. The van der Waals surface area contributed by atoms with Crippen molar-refractivity contribution in [2.75, 3.05) is 33.2 Å². The minimum Gasteiger partial charge on any atom is -0.304 e. The summed E-state index contributed by atoms with van der Waals surface area (Å²) in [5, 5.41) is 1.98. The third kappa shape index (κ3) is 4.99. The predicted molar refractivity (Wildman–Crippen MR) is 86.8 cm³/mol. The van der Waals surface area contributed by atoms with Gasteiger partial charge in [-0.1, -0.05) is 38.1 Å². The summed E-state index contributed by atoms with van der Waals surface area (Å²) in [6.45, 7) is 8.07. The van der Waals surface area contributed by atoms with E-state index < -0.39 is 0 Å². The molecule has 0 aliphatic carbocycles. The summed E-state index contributed by atoms with van der Waals surface area (Å²) in [5.41, 5.74) is 5.28. The first kappa shape index (κ1) is 15.7. The number of carbonyl (C=O) groups excluding carboxylic acids is 1. The maximum absolute atomic E-state index is 11.9. The van der Waals surface area contributed by atoms with Gasteiger partial charge in [-0.05, 0) is 30.2 Å². The van der Waals surface area contributed by atoms with Gasteiger partial charge in [-0.25, -0.2) is 5.01 Å². The van der Waals surface area contributed by atoms with Crippen LogP contribution >= 0.6 is 0 Å². The molecule has 1 N–H and O–H groups in total. The SMILES string of the molecule is CC(C)c1ccc(/C=C/C(=O)NN2CCN(C)CC2)cc1. The average Bonchev–Trinajstić information content (AvgIpc) is 2.48. The molecule has 2 rings (SSSR count). The smallest absolute Gasteiger partial charge is 0.258 e. The molecule has 1 aromatic carbocycles. The first-order valence-corrected chi connectivity index (χ1v) is 7.57. The van der Waals surface area contributed by atoms with Crippen molar-refractivity contribution in [3.05, 3.63) is 41.5 Å². The molecule has 1 saturated heterocycles. The number of hydrazine groups is 1. The highest BCUT2D eigenvalue weighted by atomic mass is 16.2. The average molecular weight is 287 g/mol. The maximum Gasteiger partial charge on any atom is 0.258 e. The van der Waals surface area contributed by atoms with Gasteiger partial charge >= 0.3 is 0 Å². The zero-order valence-electron chi connectivity index (χ0n) is 13.2. The molecule has 0 aromatic heterocycles. The van der Waals surface area contributed by atoms with E-state index in [1.807, 2.05) is 11.1 Å². The number of rotatable bonds is 4. The fraction of sp³-hybridized carbons (Fsp3) is 0.471. The highest BCUT2D eigenvalue weighted by molar-refractivity contribution is 5.91. The molecular formula is C17H25N3O. The second-order valence-corrected chi connectivity index (χ2v) is 5.92. The molecule has 21 heavy (non-hydrogen) atoms. The Balaban J connectivity index is 1.84. The predicted octanol–water partition coefficient (Wildman–Crippen LogP) is 2.10. The van der Waals surface area contributed by atoms with E-state index in [0.29, 0.717) is 5.92 Å². The van der Waals surface area contributed by atoms with Crippen molar-refractivity contribution in [2.45, 2.75) is 19.8 Å². The second-order valence-electron chi connectivity index (χ2n) is 5.92. The Morgan fingerprint density at radius 3 is 2.33 bits per heavy atom. The molecule has 1 aliphatic rings. The number of nitrogens with zero attached hydrogens (tertiary/aromatic N) is 2. The minimum atomic E-state index is -0.0625. The summed E-state index contributed by atoms with van der Waals surface area (Å²) in [4.78, 5) is 14.1. The normalized spacial score (nSPS) is 17.5. The van der Waals surface area contributed by atoms with Crippen molar-refractivity contribution < 1.29 is 4.79 Å². The highest BCUT2D eigenvalue weighted by Crippen LogP contribution is 2.15. The van der Waals surface area contributed by atoms with Crippen molar-refractivity contribution in [1.29, 1.82) is 0 Å². The Morgan fingerprint density at radius 2 is 1.76 bits per heavy atom. The van der Waals surface area contributed by atoms with E-state index in [1.165, 1.54) is 5.56 Å². The van der Waals surface area contributed by atoms with Crippen LogP contribution in [0.1, 0.15) is 30.9 Å². The maximum atomic E-state index is 11.9. The fourth-order valence-corrected chi connectivity index (χ4v) is 2.28. The summed E-state index contributed by atoms with van der Waals surface area (Å²) in [5.74, 6) is 0.469. The van der Waals surface area contributed by atoms with Crippen molar-refractivity contribution in [1.82, 2.24) is 15.3 Å². The van der Waals surface area contributed by atoms with Crippen molar-refractivity contribution in [3.63, 3.8) is 0 Å². The Labute approximate surface area is 127 Å². The number of hydrogen-bond acceptors (Lipinski definition) is 3. The first-order valence-electron chi connectivity index (χ1n) is 7.57. The minimum absolute atomic E-state index is 0.0625. The summed E-state index contributed by atoms with van der Waals surface area (Å²) in [6.07, 6.45) is 3.46. The fourth-order valence-electron chi connectivity index (χ4n) is 2.28. The summed E-state index contributed by atoms with van der Waals surface area (Å²) in [7, 11) is 2.10. The summed E-state index contributed by atoms with van der Waals surface area (Å²) in [6, 6.07) is 8.33. The van der Waals surface area contributed by atoms with Crippen LogP contribution < -0.4 is 5.43 Å². The number of nitrogens with one attached hydrogen (secondary N) is 1. The molecule has 1 aromatic rings. The molecule has 1 fully saturated rings. The summed E-state index contributed by atoms with van der Waals surface area (Å²) >= 11 is 0. The van der Waals surface area contributed by atoms with E-state index in [9.17, 15) is 4.79 Å². The van der Waals surface area contributed by atoms with E-state index in [4.69, 9.17) is 0 Å².